The summed E-state index contributed by atoms with van der Waals surface area (Å²) in [5.74, 6) is 0.477. The summed E-state index contributed by atoms with van der Waals surface area (Å²) in [5, 5.41) is 0. The van der Waals surface area contributed by atoms with Gasteiger partial charge in [-0.05, 0) is 6.92 Å². The van der Waals surface area contributed by atoms with Gasteiger partial charge in [-0.15, -0.1) is 0 Å². The molecule has 0 radical (unpaired) electrons. The summed E-state index contributed by atoms with van der Waals surface area (Å²) in [6.07, 6.45) is 0. The highest BCUT2D eigenvalue weighted by atomic mass is 79.9. The van der Waals surface area contributed by atoms with Gasteiger partial charge in [0.05, 0.1) is 15.8 Å². The quantitative estimate of drug-likeness (QED) is 0.631. The molecule has 0 aromatic carbocycles. The Labute approximate surface area is 77.6 Å². The van der Waals surface area contributed by atoms with Crippen LogP contribution in [0.25, 0.3) is 0 Å². The Morgan fingerprint density at radius 3 is 2.20 bits per heavy atom. The average Bonchev–Trinajstić information content (AvgIpc) is 1.73. The van der Waals surface area contributed by atoms with Gasteiger partial charge in [0.15, 0.2) is 9.84 Å². The fraction of sp³-hybridized carbons (Fsp3) is 1.00. The lowest BCUT2D eigenvalue weighted by Crippen LogP contribution is -2.25. The molecule has 1 fully saturated rings. The van der Waals surface area contributed by atoms with Crippen LogP contribution < -0.4 is 0 Å². The van der Waals surface area contributed by atoms with Gasteiger partial charge in [0.1, 0.15) is 0 Å². The van der Waals surface area contributed by atoms with Crippen molar-refractivity contribution >= 4 is 41.7 Å². The third-order valence-electron chi connectivity index (χ3n) is 1.56. The van der Waals surface area contributed by atoms with Gasteiger partial charge in [-0.1, -0.05) is 31.9 Å². The predicted octanol–water partition coefficient (Wildman–Crippen LogP) is 1.33. The Morgan fingerprint density at radius 1 is 1.60 bits per heavy atom. The molecule has 1 aliphatic heterocycles. The Hall–Kier alpha value is 0.910. The molecule has 0 spiro atoms. The van der Waals surface area contributed by atoms with Crippen molar-refractivity contribution in [1.29, 1.82) is 0 Å². The van der Waals surface area contributed by atoms with E-state index in [2.05, 4.69) is 31.9 Å². The van der Waals surface area contributed by atoms with E-state index in [4.69, 9.17) is 0 Å². The highest BCUT2D eigenvalue weighted by molar-refractivity contribution is 9.12. The van der Waals surface area contributed by atoms with Gasteiger partial charge in [-0.3, -0.25) is 0 Å². The number of alkyl halides is 2. The van der Waals surface area contributed by atoms with Crippen LogP contribution in [-0.4, -0.2) is 29.1 Å². The lowest BCUT2D eigenvalue weighted by atomic mass is 10.2. The van der Waals surface area contributed by atoms with E-state index in [-0.39, 0.29) is 20.7 Å². The molecule has 1 rings (SSSR count). The zero-order chi connectivity index (χ0) is 7.99. The fourth-order valence-electron chi connectivity index (χ4n) is 0.976. The first kappa shape index (κ1) is 9.00. The van der Waals surface area contributed by atoms with Crippen molar-refractivity contribution < 1.29 is 8.42 Å². The Bertz CT molecular complexity index is 232. The summed E-state index contributed by atoms with van der Waals surface area (Å²) in [5.41, 5.74) is 0. The van der Waals surface area contributed by atoms with E-state index in [0.717, 1.165) is 0 Å². The minimum Gasteiger partial charge on any atom is -0.229 e. The minimum absolute atomic E-state index is 0.0463. The van der Waals surface area contributed by atoms with E-state index in [9.17, 15) is 8.42 Å². The molecule has 0 saturated carbocycles. The van der Waals surface area contributed by atoms with E-state index >= 15 is 0 Å². The van der Waals surface area contributed by atoms with Gasteiger partial charge in [0.25, 0.3) is 0 Å². The number of hydrogen-bond donors (Lipinski definition) is 0. The first-order valence-corrected chi connectivity index (χ1v) is 6.40. The zero-order valence-electron chi connectivity index (χ0n) is 5.47. The van der Waals surface area contributed by atoms with Gasteiger partial charge in [0.2, 0.25) is 0 Å². The molecule has 0 aliphatic carbocycles. The lowest BCUT2D eigenvalue weighted by Gasteiger charge is -2.16. The highest BCUT2D eigenvalue weighted by Crippen LogP contribution is 2.36. The van der Waals surface area contributed by atoms with Crippen molar-refractivity contribution in [3.8, 4) is 0 Å². The summed E-state index contributed by atoms with van der Waals surface area (Å²) in [6, 6.07) is 0. The molecule has 10 heavy (non-hydrogen) atoms. The number of sulfone groups is 1. The third-order valence-corrected chi connectivity index (χ3v) is 7.02. The third kappa shape index (κ3) is 1.74. The molecular weight excluding hydrogens is 284 g/mol. The van der Waals surface area contributed by atoms with Crippen molar-refractivity contribution in [3.05, 3.63) is 0 Å². The monoisotopic (exact) mass is 290 g/mol. The van der Waals surface area contributed by atoms with Crippen molar-refractivity contribution in [1.82, 2.24) is 0 Å². The van der Waals surface area contributed by atoms with Crippen molar-refractivity contribution in [2.24, 2.45) is 0 Å². The van der Waals surface area contributed by atoms with Crippen LogP contribution in [0, 0.1) is 0 Å². The molecule has 0 aromatic rings. The van der Waals surface area contributed by atoms with Crippen molar-refractivity contribution in [2.45, 2.75) is 16.1 Å². The molecule has 0 N–H and O–H groups in total. The second-order valence-electron chi connectivity index (χ2n) is 2.80. The molecule has 60 valence electrons. The standard InChI is InChI=1S/C5H8Br2O2S/c1-5(7)3-10(8,9)2-4(5)6/h4H,2-3H2,1H3/t4-,5-/m1/s1. The van der Waals surface area contributed by atoms with Crippen LogP contribution in [-0.2, 0) is 9.84 Å². The van der Waals surface area contributed by atoms with Crippen molar-refractivity contribution in [2.75, 3.05) is 11.5 Å². The Kier molecular flexibility index (Phi) is 2.21. The first-order valence-electron chi connectivity index (χ1n) is 2.87. The summed E-state index contributed by atoms with van der Waals surface area (Å²) >= 11 is 6.67. The van der Waals surface area contributed by atoms with E-state index in [1.165, 1.54) is 0 Å². The molecule has 1 heterocycles. The minimum atomic E-state index is -2.80. The van der Waals surface area contributed by atoms with Crippen LogP contribution >= 0.6 is 31.9 Å². The number of halogens is 2. The van der Waals surface area contributed by atoms with Crippen LogP contribution in [0.15, 0.2) is 0 Å². The molecule has 0 unspecified atom stereocenters. The zero-order valence-corrected chi connectivity index (χ0v) is 9.46. The molecule has 0 bridgehead atoms. The molecular formula is C5H8Br2O2S. The maximum absolute atomic E-state index is 11.0. The molecule has 1 saturated heterocycles. The predicted molar refractivity (Wildman–Crippen MR) is 48.7 cm³/mol. The largest absolute Gasteiger partial charge is 0.229 e. The normalized spacial score (nSPS) is 45.7. The molecule has 0 amide bonds. The van der Waals surface area contributed by atoms with E-state index in [0.29, 0.717) is 0 Å². The van der Waals surface area contributed by atoms with Crippen LogP contribution in [0.4, 0.5) is 0 Å². The summed E-state index contributed by atoms with van der Waals surface area (Å²) in [4.78, 5) is 0.0463. The van der Waals surface area contributed by atoms with E-state index in [1.807, 2.05) is 6.92 Å². The molecule has 2 nitrogen and oxygen atoms in total. The second kappa shape index (κ2) is 2.45. The first-order chi connectivity index (χ1) is 4.33. The molecule has 5 heteroatoms. The highest BCUT2D eigenvalue weighted by Gasteiger charge is 2.43. The van der Waals surface area contributed by atoms with Crippen LogP contribution in [0.2, 0.25) is 0 Å². The van der Waals surface area contributed by atoms with Gasteiger partial charge in [-0.2, -0.15) is 0 Å². The maximum Gasteiger partial charge on any atom is 0.152 e. The fourth-order valence-corrected chi connectivity index (χ4v) is 5.98. The van der Waals surface area contributed by atoms with Crippen molar-refractivity contribution in [3.63, 3.8) is 0 Å². The Balaban J connectivity index is 2.92. The topological polar surface area (TPSA) is 34.1 Å². The van der Waals surface area contributed by atoms with Crippen LogP contribution in [0.3, 0.4) is 0 Å². The molecule has 2 atom stereocenters. The van der Waals surface area contributed by atoms with E-state index in [1.54, 1.807) is 0 Å². The van der Waals surface area contributed by atoms with Gasteiger partial charge in [0, 0.05) is 4.83 Å². The summed E-state index contributed by atoms with van der Waals surface area (Å²) < 4.78 is 21.7. The maximum atomic E-state index is 11.0. The summed E-state index contributed by atoms with van der Waals surface area (Å²) in [7, 11) is -2.80. The molecule has 1 aliphatic rings. The lowest BCUT2D eigenvalue weighted by molar-refractivity contribution is 0.601. The number of hydrogen-bond acceptors (Lipinski definition) is 2. The van der Waals surface area contributed by atoms with E-state index < -0.39 is 9.84 Å². The van der Waals surface area contributed by atoms with Crippen LogP contribution in [0.5, 0.6) is 0 Å². The van der Waals surface area contributed by atoms with Crippen LogP contribution in [0.1, 0.15) is 6.92 Å². The Morgan fingerprint density at radius 2 is 2.10 bits per heavy atom. The second-order valence-corrected chi connectivity index (χ2v) is 7.83. The van der Waals surface area contributed by atoms with Gasteiger partial charge < -0.3 is 0 Å². The van der Waals surface area contributed by atoms with Gasteiger partial charge >= 0.3 is 0 Å². The average molecular weight is 292 g/mol. The van der Waals surface area contributed by atoms with Gasteiger partial charge in [-0.25, -0.2) is 8.42 Å². The number of rotatable bonds is 0. The SMILES string of the molecule is C[C@@]1(Br)CS(=O)(=O)C[C@H]1Br. The smallest absolute Gasteiger partial charge is 0.152 e. The molecule has 0 aromatic heterocycles. The summed E-state index contributed by atoms with van der Waals surface area (Å²) in [6.45, 7) is 1.89.